The lowest BCUT2D eigenvalue weighted by molar-refractivity contribution is -0.143. The van der Waals surface area contributed by atoms with Crippen LogP contribution in [0.15, 0.2) is 12.2 Å². The molecular weight excluding hydrogens is 283 g/mol. The molecule has 20 heavy (non-hydrogen) atoms. The van der Waals surface area contributed by atoms with Gasteiger partial charge in [-0.05, 0) is 26.2 Å². The molecule has 0 amide bonds. The van der Waals surface area contributed by atoms with Crippen LogP contribution < -0.4 is 0 Å². The molecule has 0 saturated carbocycles. The molecule has 0 aromatic rings. The van der Waals surface area contributed by atoms with Crippen molar-refractivity contribution < 1.29 is 28.6 Å². The maximum atomic E-state index is 11.1. The van der Waals surface area contributed by atoms with Gasteiger partial charge in [0.2, 0.25) is 0 Å². The number of carbonyl (C=O) groups is 1. The molecule has 0 rings (SSSR count). The molecule has 0 unspecified atom stereocenters. The van der Waals surface area contributed by atoms with Gasteiger partial charge in [0.25, 0.3) is 0 Å². The Balaban J connectivity index is 3.29. The lowest BCUT2D eigenvalue weighted by Gasteiger charge is -2.06. The van der Waals surface area contributed by atoms with Crippen LogP contribution >= 0.6 is 7.60 Å². The van der Waals surface area contributed by atoms with Crippen LogP contribution in [0.4, 0.5) is 0 Å². The van der Waals surface area contributed by atoms with E-state index in [1.165, 1.54) is 0 Å². The molecule has 0 heterocycles. The first-order chi connectivity index (χ1) is 9.31. The summed E-state index contributed by atoms with van der Waals surface area (Å²) in [5.41, 5.74) is 1.01. The van der Waals surface area contributed by atoms with E-state index in [0.717, 1.165) is 31.3 Å². The van der Waals surface area contributed by atoms with Crippen molar-refractivity contribution in [3.05, 3.63) is 12.2 Å². The zero-order chi connectivity index (χ0) is 15.4. The van der Waals surface area contributed by atoms with Gasteiger partial charge in [-0.3, -0.25) is 9.36 Å². The molecule has 0 saturated heterocycles. The largest absolute Gasteiger partial charge is 0.466 e. The fourth-order valence-corrected chi connectivity index (χ4v) is 1.88. The van der Waals surface area contributed by atoms with E-state index >= 15 is 0 Å². The van der Waals surface area contributed by atoms with Crippen LogP contribution in [0.3, 0.4) is 0 Å². The summed E-state index contributed by atoms with van der Waals surface area (Å²) in [4.78, 5) is 28.3. The third-order valence-corrected chi connectivity index (χ3v) is 3.21. The van der Waals surface area contributed by atoms with E-state index < -0.39 is 19.7 Å². The molecule has 0 bridgehead atoms. The Morgan fingerprint density at radius 1 is 1.15 bits per heavy atom. The number of carbonyl (C=O) groups excluding carboxylic acids is 1. The van der Waals surface area contributed by atoms with E-state index in [4.69, 9.17) is 19.3 Å². The lowest BCUT2D eigenvalue weighted by Crippen LogP contribution is -2.08. The van der Waals surface area contributed by atoms with E-state index in [-0.39, 0.29) is 6.42 Å². The highest BCUT2D eigenvalue weighted by molar-refractivity contribution is 7.51. The molecule has 0 aromatic heterocycles. The molecule has 0 aliphatic carbocycles. The van der Waals surface area contributed by atoms with E-state index in [9.17, 15) is 9.36 Å². The molecule has 7 heteroatoms. The number of hydrogen-bond donors (Lipinski definition) is 2. The molecule has 0 aliphatic heterocycles. The first-order valence-electron chi connectivity index (χ1n) is 6.73. The van der Waals surface area contributed by atoms with Crippen LogP contribution in [0.1, 0.15) is 39.0 Å². The fraction of sp³-hybridized carbons (Fsp3) is 0.769. The van der Waals surface area contributed by atoms with Gasteiger partial charge in [0.1, 0.15) is 0 Å². The van der Waals surface area contributed by atoms with Gasteiger partial charge in [-0.1, -0.05) is 18.6 Å². The maximum absolute atomic E-state index is 11.1. The monoisotopic (exact) mass is 308 g/mol. The standard InChI is InChI=1S/C13H25O6P/c1-12(2)11-18-8-5-3-4-6-9-19-13(14)7-10-20(15,16)17/h1,3-11H2,2H3,(H2,15,16,17). The third-order valence-electron chi connectivity index (χ3n) is 2.40. The molecular formula is C13H25O6P. The minimum Gasteiger partial charge on any atom is -0.466 e. The predicted octanol–water partition coefficient (Wildman–Crippen LogP) is 2.25. The van der Waals surface area contributed by atoms with Gasteiger partial charge in [-0.15, -0.1) is 0 Å². The van der Waals surface area contributed by atoms with Crippen molar-refractivity contribution in [2.24, 2.45) is 0 Å². The first-order valence-corrected chi connectivity index (χ1v) is 8.53. The van der Waals surface area contributed by atoms with Crippen LogP contribution in [0.5, 0.6) is 0 Å². The molecule has 0 aromatic carbocycles. The Labute approximate surface area is 120 Å². The smallest absolute Gasteiger partial charge is 0.326 e. The van der Waals surface area contributed by atoms with Crippen LogP contribution in [0.2, 0.25) is 0 Å². The van der Waals surface area contributed by atoms with Crippen molar-refractivity contribution in [1.29, 1.82) is 0 Å². The van der Waals surface area contributed by atoms with Gasteiger partial charge in [0.05, 0.1) is 25.8 Å². The third kappa shape index (κ3) is 15.4. The highest BCUT2D eigenvalue weighted by Crippen LogP contribution is 2.34. The molecule has 6 nitrogen and oxygen atoms in total. The second-order valence-corrected chi connectivity index (χ2v) is 6.56. The van der Waals surface area contributed by atoms with Gasteiger partial charge in [0, 0.05) is 6.61 Å². The van der Waals surface area contributed by atoms with Gasteiger partial charge in [-0.2, -0.15) is 0 Å². The first kappa shape index (κ1) is 19.3. The van der Waals surface area contributed by atoms with Crippen molar-refractivity contribution in [1.82, 2.24) is 0 Å². The van der Waals surface area contributed by atoms with Crippen molar-refractivity contribution in [2.45, 2.75) is 39.0 Å². The fourth-order valence-electron chi connectivity index (χ4n) is 1.40. The Morgan fingerprint density at radius 3 is 2.30 bits per heavy atom. The number of ether oxygens (including phenoxy) is 2. The number of hydrogen-bond acceptors (Lipinski definition) is 4. The van der Waals surface area contributed by atoms with Crippen molar-refractivity contribution in [2.75, 3.05) is 26.0 Å². The Hall–Kier alpha value is -0.680. The Morgan fingerprint density at radius 2 is 1.75 bits per heavy atom. The summed E-state index contributed by atoms with van der Waals surface area (Å²) < 4.78 is 20.8. The van der Waals surface area contributed by atoms with E-state index in [0.29, 0.717) is 19.8 Å². The number of esters is 1. The van der Waals surface area contributed by atoms with Gasteiger partial charge in [0.15, 0.2) is 0 Å². The minimum atomic E-state index is -4.11. The van der Waals surface area contributed by atoms with E-state index in [2.05, 4.69) is 6.58 Å². The Kier molecular flexibility index (Phi) is 10.7. The van der Waals surface area contributed by atoms with Gasteiger partial charge >= 0.3 is 13.6 Å². The molecule has 0 spiro atoms. The van der Waals surface area contributed by atoms with Crippen molar-refractivity contribution in [3.8, 4) is 0 Å². The summed E-state index contributed by atoms with van der Waals surface area (Å²) in [5.74, 6) is -0.557. The van der Waals surface area contributed by atoms with Crippen molar-refractivity contribution >= 4 is 13.6 Å². The highest BCUT2D eigenvalue weighted by Gasteiger charge is 2.15. The molecule has 0 atom stereocenters. The van der Waals surface area contributed by atoms with Crippen LogP contribution in [0.25, 0.3) is 0 Å². The van der Waals surface area contributed by atoms with Crippen molar-refractivity contribution in [3.63, 3.8) is 0 Å². The predicted molar refractivity (Wildman–Crippen MR) is 76.6 cm³/mol. The summed E-state index contributed by atoms with van der Waals surface area (Å²) in [6, 6.07) is 0. The molecule has 0 aliphatic rings. The Bertz CT molecular complexity index is 336. The normalized spacial score (nSPS) is 11.3. The quantitative estimate of drug-likeness (QED) is 0.249. The van der Waals surface area contributed by atoms with E-state index in [1.54, 1.807) is 0 Å². The van der Waals surface area contributed by atoms with Gasteiger partial charge in [-0.25, -0.2) is 0 Å². The maximum Gasteiger partial charge on any atom is 0.326 e. The molecule has 0 radical (unpaired) electrons. The highest BCUT2D eigenvalue weighted by atomic mass is 31.2. The zero-order valence-corrected chi connectivity index (χ0v) is 12.9. The van der Waals surface area contributed by atoms with Gasteiger partial charge < -0.3 is 19.3 Å². The summed E-state index contributed by atoms with van der Waals surface area (Å²) in [5, 5.41) is 0. The summed E-state index contributed by atoms with van der Waals surface area (Å²) in [6.45, 7) is 7.25. The minimum absolute atomic E-state index is 0.237. The van der Waals surface area contributed by atoms with E-state index in [1.807, 2.05) is 6.92 Å². The summed E-state index contributed by atoms with van der Waals surface area (Å²) in [7, 11) is -4.11. The van der Waals surface area contributed by atoms with Crippen LogP contribution in [-0.4, -0.2) is 41.7 Å². The molecule has 0 fully saturated rings. The topological polar surface area (TPSA) is 93.1 Å². The van der Waals surface area contributed by atoms with Crippen LogP contribution in [0, 0.1) is 0 Å². The molecule has 2 N–H and O–H groups in total. The zero-order valence-electron chi connectivity index (χ0n) is 12.0. The molecule has 118 valence electrons. The SMILES string of the molecule is C=C(C)COCCCCCCOC(=O)CCP(=O)(O)O. The second-order valence-electron chi connectivity index (χ2n) is 4.78. The average molecular weight is 308 g/mol. The number of rotatable bonds is 12. The lowest BCUT2D eigenvalue weighted by atomic mass is 10.2. The average Bonchev–Trinajstić information content (AvgIpc) is 2.33. The summed E-state index contributed by atoms with van der Waals surface area (Å²) >= 11 is 0. The number of unbranched alkanes of at least 4 members (excludes halogenated alkanes) is 3. The summed E-state index contributed by atoms with van der Waals surface area (Å²) in [6.07, 6.45) is 2.95. The second kappa shape index (κ2) is 11.0. The van der Waals surface area contributed by atoms with Crippen LogP contribution in [-0.2, 0) is 18.8 Å².